The first-order valence-electron chi connectivity index (χ1n) is 8.22. The van der Waals surface area contributed by atoms with Crippen LogP contribution in [0, 0.1) is 5.41 Å². The summed E-state index contributed by atoms with van der Waals surface area (Å²) in [5.41, 5.74) is 1.54. The standard InChI is InChI=1S/C17H28N2OS/c1-16(2)10-12(18-3)14-13(11-16)19-15(21-14)17(20-4)8-6-5-7-9-17/h12,18H,5-11H2,1-4H3. The van der Waals surface area contributed by atoms with E-state index in [0.717, 1.165) is 19.3 Å². The molecule has 0 amide bonds. The summed E-state index contributed by atoms with van der Waals surface area (Å²) in [7, 11) is 3.94. The molecule has 0 saturated heterocycles. The first kappa shape index (κ1) is 15.4. The van der Waals surface area contributed by atoms with Gasteiger partial charge in [-0.15, -0.1) is 11.3 Å². The fourth-order valence-corrected chi connectivity index (χ4v) is 5.41. The quantitative estimate of drug-likeness (QED) is 0.909. The minimum absolute atomic E-state index is 0.108. The monoisotopic (exact) mass is 308 g/mol. The maximum absolute atomic E-state index is 5.99. The lowest BCUT2D eigenvalue weighted by Gasteiger charge is -2.34. The van der Waals surface area contributed by atoms with Crippen molar-refractivity contribution in [1.82, 2.24) is 10.3 Å². The Kier molecular flexibility index (Phi) is 4.15. The van der Waals surface area contributed by atoms with Gasteiger partial charge in [0.25, 0.3) is 0 Å². The molecule has 1 N–H and O–H groups in total. The van der Waals surface area contributed by atoms with Gasteiger partial charge in [-0.2, -0.15) is 0 Å². The van der Waals surface area contributed by atoms with Gasteiger partial charge in [-0.05, 0) is 38.1 Å². The van der Waals surface area contributed by atoms with E-state index in [1.54, 1.807) is 0 Å². The average Bonchev–Trinajstić information content (AvgIpc) is 2.90. The van der Waals surface area contributed by atoms with Gasteiger partial charge in [0.1, 0.15) is 10.6 Å². The summed E-state index contributed by atoms with van der Waals surface area (Å²) in [5, 5.41) is 4.72. The maximum atomic E-state index is 5.99. The summed E-state index contributed by atoms with van der Waals surface area (Å²) in [6, 6.07) is 0.451. The van der Waals surface area contributed by atoms with E-state index in [9.17, 15) is 0 Å². The molecule has 2 aliphatic carbocycles. The fraction of sp³-hybridized carbons (Fsp3) is 0.824. The van der Waals surface area contributed by atoms with Gasteiger partial charge in [0.05, 0.1) is 5.69 Å². The van der Waals surface area contributed by atoms with Crippen LogP contribution in [-0.2, 0) is 16.8 Å². The molecule has 1 aromatic heterocycles. The number of rotatable bonds is 3. The highest BCUT2D eigenvalue weighted by Crippen LogP contribution is 2.48. The summed E-state index contributed by atoms with van der Waals surface area (Å²) in [4.78, 5) is 6.52. The van der Waals surface area contributed by atoms with E-state index < -0.39 is 0 Å². The van der Waals surface area contributed by atoms with Crippen molar-refractivity contribution in [3.05, 3.63) is 15.6 Å². The van der Waals surface area contributed by atoms with Crippen molar-refractivity contribution >= 4 is 11.3 Å². The summed E-state index contributed by atoms with van der Waals surface area (Å²) in [5.74, 6) is 0. The van der Waals surface area contributed by atoms with E-state index in [1.165, 1.54) is 41.3 Å². The number of nitrogens with one attached hydrogen (secondary N) is 1. The number of thiazole rings is 1. The van der Waals surface area contributed by atoms with E-state index in [4.69, 9.17) is 9.72 Å². The summed E-state index contributed by atoms with van der Waals surface area (Å²) in [6.07, 6.45) is 8.41. The van der Waals surface area contributed by atoms with Crippen LogP contribution >= 0.6 is 11.3 Å². The van der Waals surface area contributed by atoms with Gasteiger partial charge in [-0.25, -0.2) is 4.98 Å². The normalized spacial score (nSPS) is 27.3. The number of hydrogen-bond donors (Lipinski definition) is 1. The Morgan fingerprint density at radius 1 is 1.24 bits per heavy atom. The van der Waals surface area contributed by atoms with Crippen LogP contribution in [0.25, 0.3) is 0 Å². The summed E-state index contributed by atoms with van der Waals surface area (Å²) in [6.45, 7) is 4.71. The molecule has 0 aromatic carbocycles. The molecule has 1 aromatic rings. The van der Waals surface area contributed by atoms with Crippen molar-refractivity contribution in [3.8, 4) is 0 Å². The van der Waals surface area contributed by atoms with Crippen molar-refractivity contribution in [1.29, 1.82) is 0 Å². The first-order valence-corrected chi connectivity index (χ1v) is 9.04. The molecule has 1 unspecified atom stereocenters. The molecular formula is C17H28N2OS. The van der Waals surface area contributed by atoms with Crippen LogP contribution in [0.1, 0.15) is 74.0 Å². The highest BCUT2D eigenvalue weighted by Gasteiger charge is 2.41. The average molecular weight is 308 g/mol. The molecule has 0 bridgehead atoms. The van der Waals surface area contributed by atoms with Gasteiger partial charge in [0.15, 0.2) is 0 Å². The minimum Gasteiger partial charge on any atom is -0.371 e. The molecular weight excluding hydrogens is 280 g/mol. The number of hydrogen-bond acceptors (Lipinski definition) is 4. The third kappa shape index (κ3) is 2.78. The van der Waals surface area contributed by atoms with Crippen molar-refractivity contribution in [2.24, 2.45) is 5.41 Å². The molecule has 4 heteroatoms. The second-order valence-corrected chi connectivity index (χ2v) is 8.51. The van der Waals surface area contributed by atoms with Gasteiger partial charge in [-0.3, -0.25) is 0 Å². The molecule has 3 nitrogen and oxygen atoms in total. The first-order chi connectivity index (χ1) is 10.00. The smallest absolute Gasteiger partial charge is 0.125 e. The summed E-state index contributed by atoms with van der Waals surface area (Å²) >= 11 is 1.90. The van der Waals surface area contributed by atoms with Crippen molar-refractivity contribution in [2.75, 3.05) is 14.2 Å². The molecule has 0 radical (unpaired) electrons. The number of fused-ring (bicyclic) bond motifs is 1. The lowest BCUT2D eigenvalue weighted by Crippen LogP contribution is -2.31. The Bertz CT molecular complexity index is 503. The molecule has 0 aliphatic heterocycles. The molecule has 1 saturated carbocycles. The predicted octanol–water partition coefficient (Wildman–Crippen LogP) is 4.18. The Morgan fingerprint density at radius 2 is 1.95 bits per heavy atom. The van der Waals surface area contributed by atoms with Crippen LogP contribution in [-0.4, -0.2) is 19.1 Å². The lowest BCUT2D eigenvalue weighted by molar-refractivity contribution is -0.0447. The van der Waals surface area contributed by atoms with Crippen molar-refractivity contribution in [2.45, 2.75) is 70.4 Å². The zero-order valence-electron chi connectivity index (χ0n) is 13.8. The molecule has 1 heterocycles. The number of methoxy groups -OCH3 is 1. The van der Waals surface area contributed by atoms with E-state index in [1.807, 2.05) is 18.4 Å². The predicted molar refractivity (Wildman–Crippen MR) is 87.8 cm³/mol. The van der Waals surface area contributed by atoms with E-state index >= 15 is 0 Å². The minimum atomic E-state index is -0.108. The van der Waals surface area contributed by atoms with Crippen LogP contribution in [0.3, 0.4) is 0 Å². The number of aromatic nitrogens is 1. The maximum Gasteiger partial charge on any atom is 0.125 e. The number of nitrogens with zero attached hydrogens (tertiary/aromatic N) is 1. The Morgan fingerprint density at radius 3 is 2.57 bits per heavy atom. The van der Waals surface area contributed by atoms with E-state index in [2.05, 4.69) is 26.2 Å². The Labute approximate surface area is 132 Å². The fourth-order valence-electron chi connectivity index (χ4n) is 3.99. The largest absolute Gasteiger partial charge is 0.371 e. The van der Waals surface area contributed by atoms with Crippen LogP contribution in [0.5, 0.6) is 0 Å². The molecule has 21 heavy (non-hydrogen) atoms. The molecule has 1 fully saturated rings. The van der Waals surface area contributed by atoms with Crippen molar-refractivity contribution in [3.63, 3.8) is 0 Å². The topological polar surface area (TPSA) is 34.2 Å². The molecule has 0 spiro atoms. The van der Waals surface area contributed by atoms with Crippen LogP contribution < -0.4 is 5.32 Å². The Hall–Kier alpha value is -0.450. The van der Waals surface area contributed by atoms with Gasteiger partial charge in [-0.1, -0.05) is 33.1 Å². The second kappa shape index (κ2) is 5.64. The van der Waals surface area contributed by atoms with Crippen LogP contribution in [0.15, 0.2) is 0 Å². The SMILES string of the molecule is CNC1CC(C)(C)Cc2nc(C3(OC)CCCCC3)sc21. The highest BCUT2D eigenvalue weighted by atomic mass is 32.1. The third-order valence-electron chi connectivity index (χ3n) is 5.24. The van der Waals surface area contributed by atoms with Crippen molar-refractivity contribution < 1.29 is 4.74 Å². The van der Waals surface area contributed by atoms with Gasteiger partial charge < -0.3 is 10.1 Å². The Balaban J connectivity index is 1.97. The third-order valence-corrected chi connectivity index (χ3v) is 6.63. The van der Waals surface area contributed by atoms with Crippen LogP contribution in [0.2, 0.25) is 0 Å². The van der Waals surface area contributed by atoms with Crippen LogP contribution in [0.4, 0.5) is 0 Å². The molecule has 3 rings (SSSR count). The van der Waals surface area contributed by atoms with Gasteiger partial charge >= 0.3 is 0 Å². The van der Waals surface area contributed by atoms with E-state index in [-0.39, 0.29) is 5.60 Å². The zero-order chi connectivity index (χ0) is 15.1. The van der Waals surface area contributed by atoms with Gasteiger partial charge in [0, 0.05) is 18.0 Å². The zero-order valence-corrected chi connectivity index (χ0v) is 14.6. The summed E-state index contributed by atoms with van der Waals surface area (Å²) < 4.78 is 5.99. The lowest BCUT2D eigenvalue weighted by atomic mass is 9.76. The molecule has 2 aliphatic rings. The molecule has 1 atom stereocenters. The van der Waals surface area contributed by atoms with E-state index in [0.29, 0.717) is 11.5 Å². The van der Waals surface area contributed by atoms with Gasteiger partial charge in [0.2, 0.25) is 0 Å². The second-order valence-electron chi connectivity index (χ2n) is 7.48. The number of ether oxygens (including phenoxy) is 1. The highest BCUT2D eigenvalue weighted by molar-refractivity contribution is 7.12. The molecule has 118 valence electrons.